The van der Waals surface area contributed by atoms with E-state index in [0.29, 0.717) is 6.42 Å². The molecule has 1 aromatic rings. The molecule has 0 radical (unpaired) electrons. The second-order valence-electron chi connectivity index (χ2n) is 4.26. The fourth-order valence-corrected chi connectivity index (χ4v) is 3.63. The van der Waals surface area contributed by atoms with Gasteiger partial charge >= 0.3 is 5.97 Å². The molecule has 0 amide bonds. The van der Waals surface area contributed by atoms with Crippen molar-refractivity contribution in [2.45, 2.75) is 11.3 Å². The largest absolute Gasteiger partial charge is 0.469 e. The van der Waals surface area contributed by atoms with E-state index >= 15 is 0 Å². The van der Waals surface area contributed by atoms with Crippen molar-refractivity contribution in [1.82, 2.24) is 9.29 Å². The number of esters is 1. The molecule has 2 N–H and O–H groups in total. The Bertz CT molecular complexity index is 587. The predicted molar refractivity (Wildman–Crippen MR) is 67.5 cm³/mol. The van der Waals surface area contributed by atoms with Crippen LogP contribution in [0.2, 0.25) is 0 Å². The maximum atomic E-state index is 12.4. The SMILES string of the molecule is COC(=O)C1CCN(S(=O)(=O)c2cccnc2N)C1. The van der Waals surface area contributed by atoms with E-state index in [2.05, 4.69) is 9.72 Å². The van der Waals surface area contributed by atoms with Crippen LogP contribution in [0.1, 0.15) is 6.42 Å². The summed E-state index contributed by atoms with van der Waals surface area (Å²) in [5.74, 6) is -0.849. The number of methoxy groups -OCH3 is 1. The number of hydrogen-bond donors (Lipinski definition) is 1. The summed E-state index contributed by atoms with van der Waals surface area (Å²) < 4.78 is 30.6. The third-order valence-corrected chi connectivity index (χ3v) is 5.02. The van der Waals surface area contributed by atoms with Crippen molar-refractivity contribution < 1.29 is 17.9 Å². The van der Waals surface area contributed by atoms with Crippen LogP contribution in [0.25, 0.3) is 0 Å². The van der Waals surface area contributed by atoms with Gasteiger partial charge in [-0.05, 0) is 18.6 Å². The van der Waals surface area contributed by atoms with E-state index in [4.69, 9.17) is 5.73 Å². The van der Waals surface area contributed by atoms with Crippen LogP contribution in [-0.4, -0.2) is 43.9 Å². The maximum absolute atomic E-state index is 12.4. The number of nitrogens with zero attached hydrogens (tertiary/aromatic N) is 2. The van der Waals surface area contributed by atoms with Gasteiger partial charge in [-0.15, -0.1) is 0 Å². The van der Waals surface area contributed by atoms with Crippen LogP contribution in [0.15, 0.2) is 23.2 Å². The van der Waals surface area contributed by atoms with Gasteiger partial charge in [0.15, 0.2) is 0 Å². The number of nitrogens with two attached hydrogens (primary N) is 1. The van der Waals surface area contributed by atoms with Gasteiger partial charge in [-0.1, -0.05) is 0 Å². The normalized spacial score (nSPS) is 20.4. The molecule has 7 nitrogen and oxygen atoms in total. The van der Waals surface area contributed by atoms with Gasteiger partial charge in [0.1, 0.15) is 10.7 Å². The Hall–Kier alpha value is -1.67. The monoisotopic (exact) mass is 285 g/mol. The van der Waals surface area contributed by atoms with E-state index in [1.165, 1.54) is 29.7 Å². The average molecular weight is 285 g/mol. The van der Waals surface area contributed by atoms with Gasteiger partial charge in [-0.25, -0.2) is 13.4 Å². The number of carbonyl (C=O) groups is 1. The summed E-state index contributed by atoms with van der Waals surface area (Å²) in [6.45, 7) is 0.389. The molecule has 19 heavy (non-hydrogen) atoms. The molecule has 0 aliphatic carbocycles. The number of rotatable bonds is 3. The quantitative estimate of drug-likeness (QED) is 0.775. The summed E-state index contributed by atoms with van der Waals surface area (Å²) in [4.78, 5) is 15.1. The predicted octanol–water partition coefficient (Wildman–Crippen LogP) is -0.153. The van der Waals surface area contributed by atoms with E-state index < -0.39 is 21.9 Å². The summed E-state index contributed by atoms with van der Waals surface area (Å²) >= 11 is 0. The second kappa shape index (κ2) is 5.14. The van der Waals surface area contributed by atoms with Crippen LogP contribution in [0.4, 0.5) is 5.82 Å². The molecule has 1 atom stereocenters. The molecule has 1 aromatic heterocycles. The third-order valence-electron chi connectivity index (χ3n) is 3.10. The first-order chi connectivity index (χ1) is 8.96. The molecule has 8 heteroatoms. The van der Waals surface area contributed by atoms with Crippen molar-refractivity contribution in [3.8, 4) is 0 Å². The van der Waals surface area contributed by atoms with Gasteiger partial charge in [0.2, 0.25) is 10.0 Å². The molecule has 1 fully saturated rings. The van der Waals surface area contributed by atoms with Crippen LogP contribution in [0.5, 0.6) is 0 Å². The highest BCUT2D eigenvalue weighted by Gasteiger charge is 2.37. The molecule has 1 aliphatic rings. The molecular formula is C11H15N3O4S. The summed E-state index contributed by atoms with van der Waals surface area (Å²) in [7, 11) is -2.42. The number of aromatic nitrogens is 1. The molecule has 104 valence electrons. The fraction of sp³-hybridized carbons (Fsp3) is 0.455. The molecule has 1 aliphatic heterocycles. The molecule has 1 unspecified atom stereocenters. The Balaban J connectivity index is 2.24. The zero-order chi connectivity index (χ0) is 14.0. The van der Waals surface area contributed by atoms with E-state index in [1.54, 1.807) is 0 Å². The van der Waals surface area contributed by atoms with Crippen molar-refractivity contribution in [2.75, 3.05) is 25.9 Å². The Morgan fingerprint density at radius 2 is 2.32 bits per heavy atom. The summed E-state index contributed by atoms with van der Waals surface area (Å²) in [5, 5.41) is 0. The molecule has 0 saturated carbocycles. The number of ether oxygens (including phenoxy) is 1. The van der Waals surface area contributed by atoms with Crippen molar-refractivity contribution in [3.05, 3.63) is 18.3 Å². The minimum atomic E-state index is -3.71. The Morgan fingerprint density at radius 1 is 1.58 bits per heavy atom. The molecule has 0 spiro atoms. The van der Waals surface area contributed by atoms with Crippen LogP contribution in [-0.2, 0) is 19.6 Å². The van der Waals surface area contributed by atoms with Gasteiger partial charge in [0.25, 0.3) is 0 Å². The topological polar surface area (TPSA) is 103 Å². The Kier molecular flexibility index (Phi) is 3.72. The van der Waals surface area contributed by atoms with Crippen LogP contribution in [0.3, 0.4) is 0 Å². The van der Waals surface area contributed by atoms with Crippen molar-refractivity contribution in [3.63, 3.8) is 0 Å². The lowest BCUT2D eigenvalue weighted by molar-refractivity contribution is -0.144. The van der Waals surface area contributed by atoms with E-state index in [-0.39, 0.29) is 23.8 Å². The number of nitrogen functional groups attached to an aromatic ring is 1. The standard InChI is InChI=1S/C11H15N3O4S/c1-18-11(15)8-4-6-14(7-8)19(16,17)9-3-2-5-13-10(9)12/h2-3,5,8H,4,6-7H2,1H3,(H2,12,13). The molecule has 2 rings (SSSR count). The Labute approximate surface area is 111 Å². The van der Waals surface area contributed by atoms with Crippen molar-refractivity contribution in [1.29, 1.82) is 0 Å². The minimum Gasteiger partial charge on any atom is -0.469 e. The molecule has 2 heterocycles. The fourth-order valence-electron chi connectivity index (χ4n) is 2.07. The first-order valence-corrected chi connectivity index (χ1v) is 7.19. The van der Waals surface area contributed by atoms with Gasteiger partial charge in [-0.2, -0.15) is 4.31 Å². The Morgan fingerprint density at radius 3 is 2.95 bits per heavy atom. The van der Waals surface area contributed by atoms with Gasteiger partial charge in [0.05, 0.1) is 13.0 Å². The van der Waals surface area contributed by atoms with Gasteiger partial charge in [0, 0.05) is 19.3 Å². The van der Waals surface area contributed by atoms with Crippen LogP contribution >= 0.6 is 0 Å². The number of hydrogen-bond acceptors (Lipinski definition) is 6. The van der Waals surface area contributed by atoms with Gasteiger partial charge < -0.3 is 10.5 Å². The zero-order valence-corrected chi connectivity index (χ0v) is 11.3. The van der Waals surface area contributed by atoms with Crippen molar-refractivity contribution in [2.24, 2.45) is 5.92 Å². The van der Waals surface area contributed by atoms with Crippen LogP contribution in [0, 0.1) is 5.92 Å². The molecule has 0 aromatic carbocycles. The summed E-state index contributed by atoms with van der Waals surface area (Å²) in [5.41, 5.74) is 5.59. The lowest BCUT2D eigenvalue weighted by Gasteiger charge is -2.16. The minimum absolute atomic E-state index is 0.0273. The molecule has 1 saturated heterocycles. The lowest BCUT2D eigenvalue weighted by Crippen LogP contribution is -2.31. The van der Waals surface area contributed by atoms with E-state index in [9.17, 15) is 13.2 Å². The molecule has 0 bridgehead atoms. The number of anilines is 1. The summed E-state index contributed by atoms with van der Waals surface area (Å²) in [6.07, 6.45) is 1.88. The zero-order valence-electron chi connectivity index (χ0n) is 10.4. The highest BCUT2D eigenvalue weighted by molar-refractivity contribution is 7.89. The highest BCUT2D eigenvalue weighted by atomic mass is 32.2. The summed E-state index contributed by atoms with van der Waals surface area (Å²) in [6, 6.07) is 2.92. The smallest absolute Gasteiger partial charge is 0.310 e. The highest BCUT2D eigenvalue weighted by Crippen LogP contribution is 2.26. The van der Waals surface area contributed by atoms with Crippen molar-refractivity contribution >= 4 is 21.8 Å². The number of carbonyl (C=O) groups excluding carboxylic acids is 1. The average Bonchev–Trinajstić information content (AvgIpc) is 2.88. The molecular weight excluding hydrogens is 270 g/mol. The third kappa shape index (κ3) is 2.54. The van der Waals surface area contributed by atoms with E-state index in [1.807, 2.05) is 0 Å². The maximum Gasteiger partial charge on any atom is 0.310 e. The first kappa shape index (κ1) is 13.8. The van der Waals surface area contributed by atoms with Gasteiger partial charge in [-0.3, -0.25) is 4.79 Å². The van der Waals surface area contributed by atoms with E-state index in [0.717, 1.165) is 0 Å². The van der Waals surface area contributed by atoms with Crippen LogP contribution < -0.4 is 5.73 Å². The first-order valence-electron chi connectivity index (χ1n) is 5.75. The lowest BCUT2D eigenvalue weighted by atomic mass is 10.1. The number of sulfonamides is 1. The second-order valence-corrected chi connectivity index (χ2v) is 6.16. The number of pyridine rings is 1.